The maximum atomic E-state index is 5.97. The van der Waals surface area contributed by atoms with Crippen molar-refractivity contribution in [3.8, 4) is 5.75 Å². The Kier molecular flexibility index (Phi) is 6.32. The lowest BCUT2D eigenvalue weighted by Crippen LogP contribution is -2.39. The molecule has 0 saturated heterocycles. The minimum absolute atomic E-state index is 0.0234. The molecular formula is C16H27NO2. The topological polar surface area (TPSA) is 30.5 Å². The summed E-state index contributed by atoms with van der Waals surface area (Å²) in [6.07, 6.45) is 1.04. The first kappa shape index (κ1) is 16.0. The number of benzene rings is 1. The van der Waals surface area contributed by atoms with Gasteiger partial charge in [-0.3, -0.25) is 0 Å². The fraction of sp³-hybridized carbons (Fsp3) is 0.625. The summed E-state index contributed by atoms with van der Waals surface area (Å²) in [7, 11) is 1.70. The van der Waals surface area contributed by atoms with Crippen LogP contribution in [0.3, 0.4) is 0 Å². The van der Waals surface area contributed by atoms with E-state index in [2.05, 4.69) is 39.1 Å². The van der Waals surface area contributed by atoms with Crippen molar-refractivity contribution in [3.05, 3.63) is 29.8 Å². The van der Waals surface area contributed by atoms with Gasteiger partial charge in [0.15, 0.2) is 0 Å². The van der Waals surface area contributed by atoms with Gasteiger partial charge in [0, 0.05) is 24.3 Å². The lowest BCUT2D eigenvalue weighted by molar-refractivity contribution is 0.0471. The summed E-state index contributed by atoms with van der Waals surface area (Å²) in [5, 5.41) is 3.50. The van der Waals surface area contributed by atoms with E-state index >= 15 is 0 Å². The van der Waals surface area contributed by atoms with Crippen molar-refractivity contribution in [1.29, 1.82) is 0 Å². The molecule has 1 atom stereocenters. The van der Waals surface area contributed by atoms with E-state index in [-0.39, 0.29) is 11.6 Å². The van der Waals surface area contributed by atoms with Crippen LogP contribution in [0, 0.1) is 0 Å². The van der Waals surface area contributed by atoms with Gasteiger partial charge in [-0.25, -0.2) is 0 Å². The first-order valence-electron chi connectivity index (χ1n) is 6.97. The minimum Gasteiger partial charge on any atom is -0.496 e. The molecule has 1 unspecified atom stereocenters. The molecule has 0 bridgehead atoms. The van der Waals surface area contributed by atoms with Crippen LogP contribution in [0.1, 0.15) is 45.8 Å². The van der Waals surface area contributed by atoms with E-state index in [1.165, 1.54) is 0 Å². The normalized spacial score (nSPS) is 13.3. The SMILES string of the molecule is CCCOC(CNC(C)(C)C)c1ccccc1OC. The molecule has 0 radical (unpaired) electrons. The van der Waals surface area contributed by atoms with Crippen molar-refractivity contribution in [2.75, 3.05) is 20.3 Å². The van der Waals surface area contributed by atoms with E-state index in [0.29, 0.717) is 0 Å². The quantitative estimate of drug-likeness (QED) is 0.818. The molecule has 0 aromatic heterocycles. The third kappa shape index (κ3) is 5.62. The average molecular weight is 265 g/mol. The predicted octanol–water partition coefficient (Wildman–Crippen LogP) is 3.55. The van der Waals surface area contributed by atoms with Crippen molar-refractivity contribution in [2.24, 2.45) is 0 Å². The fourth-order valence-electron chi connectivity index (χ4n) is 1.85. The highest BCUT2D eigenvalue weighted by molar-refractivity contribution is 5.35. The molecule has 0 aliphatic rings. The van der Waals surface area contributed by atoms with Crippen molar-refractivity contribution >= 4 is 0 Å². The summed E-state index contributed by atoms with van der Waals surface area (Å²) in [5.74, 6) is 0.888. The van der Waals surface area contributed by atoms with Crippen LogP contribution in [0.4, 0.5) is 0 Å². The number of hydrogen-bond donors (Lipinski definition) is 1. The molecule has 108 valence electrons. The molecule has 0 fully saturated rings. The summed E-state index contributed by atoms with van der Waals surface area (Å²) in [6.45, 7) is 10.1. The molecule has 0 spiro atoms. The molecule has 19 heavy (non-hydrogen) atoms. The van der Waals surface area contributed by atoms with Gasteiger partial charge in [-0.05, 0) is 33.3 Å². The summed E-state index contributed by atoms with van der Waals surface area (Å²) >= 11 is 0. The van der Waals surface area contributed by atoms with Gasteiger partial charge in [0.1, 0.15) is 5.75 Å². The zero-order chi connectivity index (χ0) is 14.3. The summed E-state index contributed by atoms with van der Waals surface area (Å²) < 4.78 is 11.4. The van der Waals surface area contributed by atoms with Gasteiger partial charge in [-0.2, -0.15) is 0 Å². The van der Waals surface area contributed by atoms with Gasteiger partial charge < -0.3 is 14.8 Å². The monoisotopic (exact) mass is 265 g/mol. The summed E-state index contributed by atoms with van der Waals surface area (Å²) in [5.41, 5.74) is 1.19. The third-order valence-corrected chi connectivity index (χ3v) is 2.83. The van der Waals surface area contributed by atoms with Crippen molar-refractivity contribution < 1.29 is 9.47 Å². The Labute approximate surface area is 117 Å². The lowest BCUT2D eigenvalue weighted by Gasteiger charge is -2.26. The molecule has 0 aliphatic carbocycles. The van der Waals surface area contributed by atoms with E-state index in [4.69, 9.17) is 9.47 Å². The smallest absolute Gasteiger partial charge is 0.124 e. The van der Waals surface area contributed by atoms with Crippen LogP contribution in [0.2, 0.25) is 0 Å². The largest absolute Gasteiger partial charge is 0.496 e. The van der Waals surface area contributed by atoms with Crippen molar-refractivity contribution in [3.63, 3.8) is 0 Å². The van der Waals surface area contributed by atoms with Gasteiger partial charge in [0.25, 0.3) is 0 Å². The second-order valence-electron chi connectivity index (χ2n) is 5.73. The first-order valence-corrected chi connectivity index (χ1v) is 6.97. The van der Waals surface area contributed by atoms with E-state index in [1.54, 1.807) is 7.11 Å². The molecule has 0 amide bonds. The minimum atomic E-state index is 0.0234. The molecule has 1 rings (SSSR count). The molecule has 1 aromatic carbocycles. The highest BCUT2D eigenvalue weighted by Gasteiger charge is 2.19. The number of ether oxygens (including phenoxy) is 2. The molecule has 0 heterocycles. The van der Waals surface area contributed by atoms with Crippen LogP contribution in [0.15, 0.2) is 24.3 Å². The van der Waals surface area contributed by atoms with Gasteiger partial charge >= 0.3 is 0 Å². The fourth-order valence-corrected chi connectivity index (χ4v) is 1.85. The van der Waals surface area contributed by atoms with E-state index in [9.17, 15) is 0 Å². The molecule has 0 aliphatic heterocycles. The first-order chi connectivity index (χ1) is 8.98. The van der Waals surface area contributed by atoms with Crippen molar-refractivity contribution in [1.82, 2.24) is 5.32 Å². The zero-order valence-corrected chi connectivity index (χ0v) is 12.8. The number of rotatable bonds is 7. The molecule has 0 saturated carbocycles. The molecule has 3 heteroatoms. The van der Waals surface area contributed by atoms with Crippen LogP contribution < -0.4 is 10.1 Å². The second kappa shape index (κ2) is 7.51. The maximum absolute atomic E-state index is 5.97. The Morgan fingerprint density at radius 2 is 1.89 bits per heavy atom. The Morgan fingerprint density at radius 3 is 2.47 bits per heavy atom. The standard InChI is InChI=1S/C16H27NO2/c1-6-11-19-15(12-17-16(2,3)4)13-9-7-8-10-14(13)18-5/h7-10,15,17H,6,11-12H2,1-5H3. The van der Waals surface area contributed by atoms with Gasteiger partial charge in [0.05, 0.1) is 13.2 Å². The zero-order valence-electron chi connectivity index (χ0n) is 12.8. The van der Waals surface area contributed by atoms with E-state index in [1.807, 2.05) is 18.2 Å². The highest BCUT2D eigenvalue weighted by Crippen LogP contribution is 2.27. The number of nitrogens with one attached hydrogen (secondary N) is 1. The van der Waals surface area contributed by atoms with Gasteiger partial charge in [-0.1, -0.05) is 25.1 Å². The van der Waals surface area contributed by atoms with E-state index in [0.717, 1.165) is 30.9 Å². The second-order valence-corrected chi connectivity index (χ2v) is 5.73. The van der Waals surface area contributed by atoms with Gasteiger partial charge in [0.2, 0.25) is 0 Å². The Bertz CT molecular complexity index is 371. The van der Waals surface area contributed by atoms with Crippen LogP contribution in [0.5, 0.6) is 5.75 Å². The predicted molar refractivity (Wildman–Crippen MR) is 79.7 cm³/mol. The Morgan fingerprint density at radius 1 is 1.21 bits per heavy atom. The van der Waals surface area contributed by atoms with E-state index < -0.39 is 0 Å². The molecular weight excluding hydrogens is 238 g/mol. The molecule has 3 nitrogen and oxygen atoms in total. The van der Waals surface area contributed by atoms with Crippen LogP contribution in [-0.4, -0.2) is 25.8 Å². The maximum Gasteiger partial charge on any atom is 0.124 e. The van der Waals surface area contributed by atoms with Crippen LogP contribution in [0.25, 0.3) is 0 Å². The molecule has 1 N–H and O–H groups in total. The molecule has 1 aromatic rings. The van der Waals surface area contributed by atoms with Crippen molar-refractivity contribution in [2.45, 2.75) is 45.8 Å². The average Bonchev–Trinajstić information content (AvgIpc) is 2.38. The van der Waals surface area contributed by atoms with Crippen LogP contribution in [-0.2, 0) is 4.74 Å². The van der Waals surface area contributed by atoms with Gasteiger partial charge in [-0.15, -0.1) is 0 Å². The summed E-state index contributed by atoms with van der Waals surface area (Å²) in [4.78, 5) is 0. The Balaban J connectivity index is 2.82. The third-order valence-electron chi connectivity index (χ3n) is 2.83. The Hall–Kier alpha value is -1.06. The number of hydrogen-bond acceptors (Lipinski definition) is 3. The summed E-state index contributed by atoms with van der Waals surface area (Å²) in [6, 6.07) is 8.06. The lowest BCUT2D eigenvalue weighted by atomic mass is 10.1. The highest BCUT2D eigenvalue weighted by atomic mass is 16.5. The number of methoxy groups -OCH3 is 1. The van der Waals surface area contributed by atoms with Crippen LogP contribution >= 0.6 is 0 Å². The number of para-hydroxylation sites is 1.